The van der Waals surface area contributed by atoms with Crippen LogP contribution in [0.3, 0.4) is 0 Å². The molecule has 1 aliphatic heterocycles. The maximum absolute atomic E-state index is 11.3. The van der Waals surface area contributed by atoms with E-state index in [4.69, 9.17) is 0 Å². The highest BCUT2D eigenvalue weighted by Crippen LogP contribution is 2.21. The Morgan fingerprint density at radius 1 is 1.40 bits per heavy atom. The van der Waals surface area contributed by atoms with E-state index >= 15 is 0 Å². The van der Waals surface area contributed by atoms with E-state index in [-0.39, 0.29) is 0 Å². The first-order valence-electron chi connectivity index (χ1n) is 8.22. The van der Waals surface area contributed by atoms with Gasteiger partial charge in [-0.1, -0.05) is 20.3 Å². The third-order valence-electron chi connectivity index (χ3n) is 4.51. The number of hydrogen-bond acceptors (Lipinski definition) is 3. The van der Waals surface area contributed by atoms with Gasteiger partial charge in [0.15, 0.2) is 0 Å². The highest BCUT2D eigenvalue weighted by Gasteiger charge is 2.31. The fourth-order valence-corrected chi connectivity index (χ4v) is 3.23. The molecule has 1 aliphatic rings. The molecule has 1 saturated heterocycles. The average Bonchev–Trinajstić information content (AvgIpc) is 2.83. The van der Waals surface area contributed by atoms with Crippen LogP contribution in [0, 0.1) is 5.92 Å². The zero-order chi connectivity index (χ0) is 15.0. The molecule has 20 heavy (non-hydrogen) atoms. The van der Waals surface area contributed by atoms with E-state index in [1.165, 1.54) is 32.4 Å². The number of nitrogens with zero attached hydrogens (tertiary/aromatic N) is 1. The summed E-state index contributed by atoms with van der Waals surface area (Å²) in [6.45, 7) is 10.3. The van der Waals surface area contributed by atoms with E-state index in [1.807, 2.05) is 6.92 Å². The van der Waals surface area contributed by atoms with Gasteiger partial charge < -0.3 is 15.3 Å². The van der Waals surface area contributed by atoms with Crippen molar-refractivity contribution in [1.29, 1.82) is 0 Å². The van der Waals surface area contributed by atoms with Gasteiger partial charge in [0.1, 0.15) is 5.54 Å². The Labute approximate surface area is 123 Å². The number of rotatable bonds is 10. The van der Waals surface area contributed by atoms with E-state index in [9.17, 15) is 9.90 Å². The molecule has 1 fully saturated rings. The minimum atomic E-state index is -0.759. The molecule has 2 unspecified atom stereocenters. The van der Waals surface area contributed by atoms with E-state index in [0.29, 0.717) is 13.0 Å². The van der Waals surface area contributed by atoms with Gasteiger partial charge in [0.2, 0.25) is 0 Å². The van der Waals surface area contributed by atoms with Crippen LogP contribution in [0.15, 0.2) is 0 Å². The molecule has 0 aliphatic carbocycles. The number of carbonyl (C=O) groups is 1. The van der Waals surface area contributed by atoms with Crippen molar-refractivity contribution in [2.24, 2.45) is 5.92 Å². The number of unbranched alkanes of at least 4 members (excludes halogenated alkanes) is 1. The van der Waals surface area contributed by atoms with Crippen LogP contribution in [0.1, 0.15) is 59.3 Å². The zero-order valence-electron chi connectivity index (χ0n) is 13.5. The topological polar surface area (TPSA) is 52.6 Å². The highest BCUT2D eigenvalue weighted by molar-refractivity contribution is 5.78. The van der Waals surface area contributed by atoms with Crippen molar-refractivity contribution in [2.45, 2.75) is 64.8 Å². The van der Waals surface area contributed by atoms with Gasteiger partial charge in [-0.15, -0.1) is 0 Å². The van der Waals surface area contributed by atoms with E-state index < -0.39 is 11.5 Å². The van der Waals surface area contributed by atoms with Gasteiger partial charge in [0.05, 0.1) is 0 Å². The first-order valence-corrected chi connectivity index (χ1v) is 8.22. The molecule has 0 aromatic rings. The molecule has 4 heteroatoms. The van der Waals surface area contributed by atoms with E-state index in [1.54, 1.807) is 6.92 Å². The molecular formula is C16H32N2O2. The first-order chi connectivity index (χ1) is 9.51. The smallest absolute Gasteiger partial charge is 0.323 e. The standard InChI is InChI=1S/C16H32N2O2/c1-4-8-14-9-12-18(13-14)11-7-6-10-16(3,15(19)20)17-5-2/h14,17H,4-13H2,1-3H3,(H,19,20). The Bertz CT molecular complexity index is 296. The summed E-state index contributed by atoms with van der Waals surface area (Å²) in [6, 6.07) is 0. The summed E-state index contributed by atoms with van der Waals surface area (Å²) < 4.78 is 0. The van der Waals surface area contributed by atoms with Crippen LogP contribution in [0.5, 0.6) is 0 Å². The molecule has 2 atom stereocenters. The Hall–Kier alpha value is -0.610. The lowest BCUT2D eigenvalue weighted by molar-refractivity contribution is -0.144. The molecule has 1 rings (SSSR count). The Balaban J connectivity index is 2.19. The number of carboxylic acids is 1. The monoisotopic (exact) mass is 284 g/mol. The molecule has 118 valence electrons. The molecular weight excluding hydrogens is 252 g/mol. The fourth-order valence-electron chi connectivity index (χ4n) is 3.23. The van der Waals surface area contributed by atoms with Gasteiger partial charge in [-0.25, -0.2) is 0 Å². The van der Waals surface area contributed by atoms with Crippen molar-refractivity contribution in [1.82, 2.24) is 10.2 Å². The number of likely N-dealkylation sites (N-methyl/N-ethyl adjacent to an activating group) is 1. The lowest BCUT2D eigenvalue weighted by Crippen LogP contribution is -2.49. The number of likely N-dealkylation sites (tertiary alicyclic amines) is 1. The van der Waals surface area contributed by atoms with E-state index in [2.05, 4.69) is 17.1 Å². The van der Waals surface area contributed by atoms with Crippen molar-refractivity contribution in [2.75, 3.05) is 26.2 Å². The van der Waals surface area contributed by atoms with Gasteiger partial charge in [-0.05, 0) is 64.6 Å². The minimum absolute atomic E-state index is 0.702. The average molecular weight is 284 g/mol. The maximum atomic E-state index is 11.3. The molecule has 0 amide bonds. The summed E-state index contributed by atoms with van der Waals surface area (Å²) in [5, 5.41) is 12.4. The summed E-state index contributed by atoms with van der Waals surface area (Å²) in [7, 11) is 0. The lowest BCUT2D eigenvalue weighted by atomic mass is 9.95. The summed E-state index contributed by atoms with van der Waals surface area (Å²) in [4.78, 5) is 13.9. The van der Waals surface area contributed by atoms with Crippen molar-refractivity contribution in [3.8, 4) is 0 Å². The molecule has 0 bridgehead atoms. The van der Waals surface area contributed by atoms with Gasteiger partial charge in [-0.3, -0.25) is 4.79 Å². The third kappa shape index (κ3) is 5.41. The number of aliphatic carboxylic acids is 1. The minimum Gasteiger partial charge on any atom is -0.480 e. The first kappa shape index (κ1) is 17.4. The SMILES string of the molecule is CCCC1CCN(CCCCC(C)(NCC)C(=O)O)C1. The molecule has 0 saturated carbocycles. The van der Waals surface area contributed by atoms with Gasteiger partial charge in [0.25, 0.3) is 0 Å². The molecule has 0 radical (unpaired) electrons. The molecule has 0 aromatic heterocycles. The lowest BCUT2D eigenvalue weighted by Gasteiger charge is -2.26. The predicted molar refractivity (Wildman–Crippen MR) is 83.0 cm³/mol. The van der Waals surface area contributed by atoms with Crippen molar-refractivity contribution in [3.63, 3.8) is 0 Å². The van der Waals surface area contributed by atoms with Gasteiger partial charge >= 0.3 is 5.97 Å². The predicted octanol–water partition coefficient (Wildman–Crippen LogP) is 2.73. The van der Waals surface area contributed by atoms with Crippen LogP contribution >= 0.6 is 0 Å². The molecule has 4 nitrogen and oxygen atoms in total. The fraction of sp³-hybridized carbons (Fsp3) is 0.938. The van der Waals surface area contributed by atoms with Crippen molar-refractivity contribution >= 4 is 5.97 Å². The maximum Gasteiger partial charge on any atom is 0.323 e. The van der Waals surface area contributed by atoms with Crippen LogP contribution in [0.25, 0.3) is 0 Å². The highest BCUT2D eigenvalue weighted by atomic mass is 16.4. The van der Waals surface area contributed by atoms with E-state index in [0.717, 1.165) is 25.3 Å². The number of nitrogens with one attached hydrogen (secondary N) is 1. The summed E-state index contributed by atoms with van der Waals surface area (Å²) >= 11 is 0. The Morgan fingerprint density at radius 2 is 2.15 bits per heavy atom. The van der Waals surface area contributed by atoms with Crippen LogP contribution < -0.4 is 5.32 Å². The van der Waals surface area contributed by atoms with Crippen LogP contribution in [0.2, 0.25) is 0 Å². The second-order valence-electron chi connectivity index (χ2n) is 6.37. The molecule has 1 heterocycles. The third-order valence-corrected chi connectivity index (χ3v) is 4.51. The molecule has 0 spiro atoms. The quantitative estimate of drug-likeness (QED) is 0.606. The van der Waals surface area contributed by atoms with Crippen LogP contribution in [0.4, 0.5) is 0 Å². The summed E-state index contributed by atoms with van der Waals surface area (Å²) in [5.41, 5.74) is -0.759. The second kappa shape index (κ2) is 8.63. The number of hydrogen-bond donors (Lipinski definition) is 2. The Kier molecular flexibility index (Phi) is 7.52. The zero-order valence-corrected chi connectivity index (χ0v) is 13.5. The molecule has 2 N–H and O–H groups in total. The summed E-state index contributed by atoms with van der Waals surface area (Å²) in [6.07, 6.45) is 6.78. The normalized spacial score (nSPS) is 22.9. The number of carboxylic acid groups (broad SMARTS) is 1. The van der Waals surface area contributed by atoms with Crippen molar-refractivity contribution < 1.29 is 9.90 Å². The second-order valence-corrected chi connectivity index (χ2v) is 6.37. The summed E-state index contributed by atoms with van der Waals surface area (Å²) in [5.74, 6) is 0.162. The molecule has 0 aromatic carbocycles. The van der Waals surface area contributed by atoms with Crippen LogP contribution in [-0.4, -0.2) is 47.7 Å². The Morgan fingerprint density at radius 3 is 2.75 bits per heavy atom. The van der Waals surface area contributed by atoms with Crippen LogP contribution in [-0.2, 0) is 4.79 Å². The largest absolute Gasteiger partial charge is 0.480 e. The van der Waals surface area contributed by atoms with Gasteiger partial charge in [0, 0.05) is 6.54 Å². The van der Waals surface area contributed by atoms with Crippen molar-refractivity contribution in [3.05, 3.63) is 0 Å². The van der Waals surface area contributed by atoms with Gasteiger partial charge in [-0.2, -0.15) is 0 Å².